The molecule has 1 rings (SSSR count). The number of aliphatic hydroxyl groups is 1. The molecular formula is C17H24O3. The molecule has 1 aromatic rings. The monoisotopic (exact) mass is 276 g/mol. The Morgan fingerprint density at radius 1 is 1.30 bits per heavy atom. The average Bonchev–Trinajstić information content (AvgIpc) is 2.45. The largest absolute Gasteiger partial charge is 0.496 e. The Labute approximate surface area is 121 Å². The summed E-state index contributed by atoms with van der Waals surface area (Å²) < 4.78 is 11.3. The van der Waals surface area contributed by atoms with E-state index < -0.39 is 0 Å². The molecule has 0 unspecified atom stereocenters. The second-order valence-electron chi connectivity index (χ2n) is 5.20. The van der Waals surface area contributed by atoms with Crippen LogP contribution >= 0.6 is 0 Å². The molecular weight excluding hydrogens is 252 g/mol. The van der Waals surface area contributed by atoms with Crippen LogP contribution in [0.3, 0.4) is 0 Å². The van der Waals surface area contributed by atoms with Crippen molar-refractivity contribution in [3.05, 3.63) is 29.3 Å². The van der Waals surface area contributed by atoms with Crippen LogP contribution < -0.4 is 4.74 Å². The molecule has 20 heavy (non-hydrogen) atoms. The van der Waals surface area contributed by atoms with E-state index in [1.165, 1.54) is 0 Å². The SMILES string of the molecule is CCC(C)(C)OCc1cc(C#CCCO)ccc1OC. The molecule has 0 bridgehead atoms. The van der Waals surface area contributed by atoms with E-state index in [0.29, 0.717) is 13.0 Å². The highest BCUT2D eigenvalue weighted by atomic mass is 16.5. The van der Waals surface area contributed by atoms with Crippen LogP contribution in [0.5, 0.6) is 5.75 Å². The van der Waals surface area contributed by atoms with E-state index >= 15 is 0 Å². The molecule has 110 valence electrons. The van der Waals surface area contributed by atoms with E-state index in [1.54, 1.807) is 7.11 Å². The highest BCUT2D eigenvalue weighted by molar-refractivity contribution is 5.44. The van der Waals surface area contributed by atoms with Gasteiger partial charge in [-0.25, -0.2) is 0 Å². The lowest BCUT2D eigenvalue weighted by Crippen LogP contribution is -2.22. The summed E-state index contributed by atoms with van der Waals surface area (Å²) in [5.41, 5.74) is 1.75. The number of hydrogen-bond donors (Lipinski definition) is 1. The highest BCUT2D eigenvalue weighted by Crippen LogP contribution is 2.24. The molecule has 1 aromatic carbocycles. The van der Waals surface area contributed by atoms with E-state index in [-0.39, 0.29) is 12.2 Å². The molecule has 0 aliphatic rings. The van der Waals surface area contributed by atoms with Gasteiger partial charge in [-0.2, -0.15) is 0 Å². The second-order valence-corrected chi connectivity index (χ2v) is 5.20. The van der Waals surface area contributed by atoms with Gasteiger partial charge in [0, 0.05) is 17.5 Å². The molecule has 0 aromatic heterocycles. The molecule has 0 spiro atoms. The van der Waals surface area contributed by atoms with Crippen LogP contribution in [0.1, 0.15) is 44.7 Å². The Balaban J connectivity index is 2.87. The Kier molecular flexibility index (Phi) is 6.57. The van der Waals surface area contributed by atoms with E-state index in [2.05, 4.69) is 32.6 Å². The molecule has 0 heterocycles. The zero-order valence-electron chi connectivity index (χ0n) is 12.8. The van der Waals surface area contributed by atoms with Crippen LogP contribution in [0.2, 0.25) is 0 Å². The van der Waals surface area contributed by atoms with Gasteiger partial charge in [0.2, 0.25) is 0 Å². The fourth-order valence-corrected chi connectivity index (χ4v) is 1.56. The number of hydrogen-bond acceptors (Lipinski definition) is 3. The van der Waals surface area contributed by atoms with Gasteiger partial charge in [-0.05, 0) is 38.5 Å². The Bertz CT molecular complexity index is 481. The molecule has 0 aliphatic carbocycles. The molecule has 3 heteroatoms. The lowest BCUT2D eigenvalue weighted by Gasteiger charge is -2.24. The second kappa shape index (κ2) is 7.94. The van der Waals surface area contributed by atoms with Crippen LogP contribution in [0.25, 0.3) is 0 Å². The fraction of sp³-hybridized carbons (Fsp3) is 0.529. The fourth-order valence-electron chi connectivity index (χ4n) is 1.56. The zero-order chi connectivity index (χ0) is 15.0. The lowest BCUT2D eigenvalue weighted by atomic mass is 10.1. The van der Waals surface area contributed by atoms with Gasteiger partial charge < -0.3 is 14.6 Å². The number of aliphatic hydroxyl groups excluding tert-OH is 1. The first-order valence-corrected chi connectivity index (χ1v) is 6.93. The molecule has 0 saturated carbocycles. The summed E-state index contributed by atoms with van der Waals surface area (Å²) in [4.78, 5) is 0. The van der Waals surface area contributed by atoms with Gasteiger partial charge >= 0.3 is 0 Å². The summed E-state index contributed by atoms with van der Waals surface area (Å²) in [5, 5.41) is 8.74. The first-order chi connectivity index (χ1) is 9.52. The van der Waals surface area contributed by atoms with E-state index in [9.17, 15) is 0 Å². The van der Waals surface area contributed by atoms with Crippen molar-refractivity contribution < 1.29 is 14.6 Å². The average molecular weight is 276 g/mol. The summed E-state index contributed by atoms with van der Waals surface area (Å²) in [5.74, 6) is 6.76. The van der Waals surface area contributed by atoms with Crippen molar-refractivity contribution in [2.45, 2.75) is 45.8 Å². The Morgan fingerprint density at radius 2 is 2.05 bits per heavy atom. The van der Waals surface area contributed by atoms with Crippen LogP contribution in [0, 0.1) is 11.8 Å². The van der Waals surface area contributed by atoms with E-state index in [4.69, 9.17) is 14.6 Å². The summed E-state index contributed by atoms with van der Waals surface area (Å²) >= 11 is 0. The molecule has 0 fully saturated rings. The third kappa shape index (κ3) is 5.24. The van der Waals surface area contributed by atoms with Gasteiger partial charge in [0.05, 0.1) is 25.9 Å². The van der Waals surface area contributed by atoms with Gasteiger partial charge in [-0.15, -0.1) is 0 Å². The maximum atomic E-state index is 8.74. The predicted octanol–water partition coefficient (Wildman–Crippen LogP) is 3.13. The van der Waals surface area contributed by atoms with Gasteiger partial charge in [0.15, 0.2) is 0 Å². The van der Waals surface area contributed by atoms with Gasteiger partial charge in [0.25, 0.3) is 0 Å². The summed E-state index contributed by atoms with van der Waals surface area (Å²) in [6, 6.07) is 5.80. The number of benzene rings is 1. The van der Waals surface area contributed by atoms with Crippen molar-refractivity contribution in [2.75, 3.05) is 13.7 Å². The normalized spacial score (nSPS) is 10.8. The summed E-state index contributed by atoms with van der Waals surface area (Å²) in [7, 11) is 1.65. The molecule has 0 atom stereocenters. The quantitative estimate of drug-likeness (QED) is 0.811. The third-order valence-electron chi connectivity index (χ3n) is 3.22. The lowest BCUT2D eigenvalue weighted by molar-refractivity contribution is -0.0322. The van der Waals surface area contributed by atoms with Gasteiger partial charge in [0.1, 0.15) is 5.75 Å². The van der Waals surface area contributed by atoms with Crippen LogP contribution in [0.15, 0.2) is 18.2 Å². The number of methoxy groups -OCH3 is 1. The zero-order valence-corrected chi connectivity index (χ0v) is 12.8. The van der Waals surface area contributed by atoms with Gasteiger partial charge in [-0.3, -0.25) is 0 Å². The maximum Gasteiger partial charge on any atom is 0.124 e. The number of ether oxygens (including phenoxy) is 2. The molecule has 0 radical (unpaired) electrons. The predicted molar refractivity (Wildman–Crippen MR) is 80.7 cm³/mol. The minimum atomic E-state index is -0.149. The third-order valence-corrected chi connectivity index (χ3v) is 3.22. The topological polar surface area (TPSA) is 38.7 Å². The summed E-state index contributed by atoms with van der Waals surface area (Å²) in [6.07, 6.45) is 1.44. The molecule has 0 amide bonds. The van der Waals surface area contributed by atoms with Crippen molar-refractivity contribution in [1.82, 2.24) is 0 Å². The smallest absolute Gasteiger partial charge is 0.124 e. The van der Waals surface area contributed by atoms with E-state index in [1.807, 2.05) is 18.2 Å². The van der Waals surface area contributed by atoms with Crippen molar-refractivity contribution in [3.63, 3.8) is 0 Å². The van der Waals surface area contributed by atoms with Crippen LogP contribution in [0.4, 0.5) is 0 Å². The Morgan fingerprint density at radius 3 is 2.65 bits per heavy atom. The van der Waals surface area contributed by atoms with Crippen LogP contribution in [-0.4, -0.2) is 24.4 Å². The van der Waals surface area contributed by atoms with Crippen molar-refractivity contribution in [2.24, 2.45) is 0 Å². The summed E-state index contributed by atoms with van der Waals surface area (Å²) in [6.45, 7) is 6.84. The van der Waals surface area contributed by atoms with Crippen molar-refractivity contribution in [3.8, 4) is 17.6 Å². The Hall–Kier alpha value is -1.50. The molecule has 3 nitrogen and oxygen atoms in total. The van der Waals surface area contributed by atoms with Crippen molar-refractivity contribution >= 4 is 0 Å². The minimum Gasteiger partial charge on any atom is -0.496 e. The minimum absolute atomic E-state index is 0.0871. The van der Waals surface area contributed by atoms with E-state index in [0.717, 1.165) is 23.3 Å². The first kappa shape index (κ1) is 16.6. The van der Waals surface area contributed by atoms with Crippen molar-refractivity contribution in [1.29, 1.82) is 0 Å². The number of rotatable bonds is 6. The standard InChI is InChI=1S/C17H24O3/c1-5-17(2,3)20-13-15-12-14(8-6-7-11-18)9-10-16(15)19-4/h9-10,12,18H,5,7,11,13H2,1-4H3. The maximum absolute atomic E-state index is 8.74. The van der Waals surface area contributed by atoms with Crippen LogP contribution in [-0.2, 0) is 11.3 Å². The first-order valence-electron chi connectivity index (χ1n) is 6.93. The van der Waals surface area contributed by atoms with Gasteiger partial charge in [-0.1, -0.05) is 18.8 Å². The molecule has 1 N–H and O–H groups in total. The molecule has 0 saturated heterocycles. The highest BCUT2D eigenvalue weighted by Gasteiger charge is 2.16. The molecule has 0 aliphatic heterocycles.